The number of aromatic nitrogens is 2. The topological polar surface area (TPSA) is 69.8 Å². The highest BCUT2D eigenvalue weighted by molar-refractivity contribution is 5.78. The highest BCUT2D eigenvalue weighted by atomic mass is 16.2. The number of carbonyl (C=O) groups is 1. The lowest BCUT2D eigenvalue weighted by Gasteiger charge is -2.20. The van der Waals surface area contributed by atoms with Gasteiger partial charge in [-0.2, -0.15) is 0 Å². The fourth-order valence-corrected chi connectivity index (χ4v) is 1.33. The molecule has 90 valence electrons. The second-order valence-electron chi connectivity index (χ2n) is 4.90. The van der Waals surface area contributed by atoms with E-state index >= 15 is 0 Å². The fraction of sp³-hybridized carbons (Fsp3) is 0.636. The van der Waals surface area contributed by atoms with Crippen LogP contribution in [0.3, 0.4) is 0 Å². The van der Waals surface area contributed by atoms with Gasteiger partial charge in [-0.05, 0) is 27.7 Å². The molecule has 1 heterocycles. The van der Waals surface area contributed by atoms with E-state index in [0.717, 1.165) is 11.5 Å². The number of amides is 1. The Balaban J connectivity index is 2.23. The molecule has 0 radical (unpaired) electrons. The quantitative estimate of drug-likeness (QED) is 0.706. The van der Waals surface area contributed by atoms with Crippen LogP contribution < -0.4 is 10.6 Å². The van der Waals surface area contributed by atoms with Crippen LogP contribution in [-0.2, 0) is 11.3 Å². The van der Waals surface area contributed by atoms with Gasteiger partial charge in [0.25, 0.3) is 0 Å². The van der Waals surface area contributed by atoms with E-state index in [2.05, 4.69) is 20.6 Å². The van der Waals surface area contributed by atoms with Crippen LogP contribution in [0.25, 0.3) is 0 Å². The Kier molecular flexibility index (Phi) is 4.06. The Hall–Kier alpha value is -1.36. The van der Waals surface area contributed by atoms with Crippen LogP contribution in [0.2, 0.25) is 0 Å². The van der Waals surface area contributed by atoms with E-state index in [0.29, 0.717) is 13.1 Å². The Morgan fingerprint density at radius 1 is 1.50 bits per heavy atom. The van der Waals surface area contributed by atoms with Crippen molar-refractivity contribution in [2.45, 2.75) is 39.8 Å². The molecule has 5 heteroatoms. The second kappa shape index (κ2) is 5.12. The molecular formula is C11H20N4O. The van der Waals surface area contributed by atoms with Crippen molar-refractivity contribution in [3.8, 4) is 0 Å². The first-order valence-corrected chi connectivity index (χ1v) is 5.39. The smallest absolute Gasteiger partial charge is 0.234 e. The van der Waals surface area contributed by atoms with Crippen LogP contribution in [0.5, 0.6) is 0 Å². The molecule has 0 spiro atoms. The van der Waals surface area contributed by atoms with Crippen LogP contribution in [-0.4, -0.2) is 28.0 Å². The molecule has 0 aliphatic rings. The SMILES string of the molecule is Cc1ncc(CNCC(=O)NC(C)(C)C)[nH]1. The van der Waals surface area contributed by atoms with E-state index in [1.807, 2.05) is 27.7 Å². The van der Waals surface area contributed by atoms with E-state index < -0.39 is 0 Å². The van der Waals surface area contributed by atoms with Gasteiger partial charge in [-0.15, -0.1) is 0 Å². The molecule has 1 aromatic heterocycles. The number of carbonyl (C=O) groups excluding carboxylic acids is 1. The summed E-state index contributed by atoms with van der Waals surface area (Å²) in [6.07, 6.45) is 1.77. The lowest BCUT2D eigenvalue weighted by molar-refractivity contribution is -0.121. The van der Waals surface area contributed by atoms with Crippen LogP contribution in [0, 0.1) is 6.92 Å². The van der Waals surface area contributed by atoms with Gasteiger partial charge in [-0.3, -0.25) is 4.79 Å². The van der Waals surface area contributed by atoms with E-state index in [1.165, 1.54) is 0 Å². The third kappa shape index (κ3) is 4.93. The summed E-state index contributed by atoms with van der Waals surface area (Å²) in [5, 5.41) is 5.94. The second-order valence-corrected chi connectivity index (χ2v) is 4.90. The average Bonchev–Trinajstić information content (AvgIpc) is 2.48. The number of aromatic amines is 1. The maximum atomic E-state index is 11.5. The van der Waals surface area contributed by atoms with Gasteiger partial charge < -0.3 is 15.6 Å². The predicted octanol–water partition coefficient (Wildman–Crippen LogP) is 0.722. The summed E-state index contributed by atoms with van der Waals surface area (Å²) in [6, 6.07) is 0. The lowest BCUT2D eigenvalue weighted by Crippen LogP contribution is -2.44. The van der Waals surface area contributed by atoms with Crippen molar-refractivity contribution in [3.63, 3.8) is 0 Å². The standard InChI is InChI=1S/C11H20N4O/c1-8-13-6-9(14-8)5-12-7-10(16)15-11(2,3)4/h6,12H,5,7H2,1-4H3,(H,13,14)(H,15,16). The molecule has 0 saturated carbocycles. The average molecular weight is 224 g/mol. The Labute approximate surface area is 96.0 Å². The normalized spacial score (nSPS) is 11.5. The molecule has 16 heavy (non-hydrogen) atoms. The molecule has 0 aliphatic heterocycles. The highest BCUT2D eigenvalue weighted by Gasteiger charge is 2.12. The van der Waals surface area contributed by atoms with Gasteiger partial charge in [0.1, 0.15) is 5.82 Å². The maximum Gasteiger partial charge on any atom is 0.234 e. The minimum atomic E-state index is -0.177. The summed E-state index contributed by atoms with van der Waals surface area (Å²) in [4.78, 5) is 18.6. The zero-order valence-corrected chi connectivity index (χ0v) is 10.3. The summed E-state index contributed by atoms with van der Waals surface area (Å²) >= 11 is 0. The first-order chi connectivity index (χ1) is 7.37. The van der Waals surface area contributed by atoms with Gasteiger partial charge in [0.2, 0.25) is 5.91 Å². The lowest BCUT2D eigenvalue weighted by atomic mass is 10.1. The summed E-state index contributed by atoms with van der Waals surface area (Å²) in [5.74, 6) is 0.889. The minimum Gasteiger partial charge on any atom is -0.350 e. The molecule has 1 aromatic rings. The molecular weight excluding hydrogens is 204 g/mol. The number of imidazole rings is 1. The van der Waals surface area contributed by atoms with E-state index in [9.17, 15) is 4.79 Å². The van der Waals surface area contributed by atoms with Gasteiger partial charge in [0, 0.05) is 24.0 Å². The summed E-state index contributed by atoms with van der Waals surface area (Å²) in [6.45, 7) is 8.72. The molecule has 5 nitrogen and oxygen atoms in total. The highest BCUT2D eigenvalue weighted by Crippen LogP contribution is 1.97. The number of rotatable bonds is 4. The third-order valence-electron chi connectivity index (χ3n) is 1.87. The van der Waals surface area contributed by atoms with Crippen LogP contribution in [0.15, 0.2) is 6.20 Å². The van der Waals surface area contributed by atoms with Gasteiger partial charge in [-0.25, -0.2) is 4.98 Å². The Bertz CT molecular complexity index is 351. The van der Waals surface area contributed by atoms with Crippen molar-refractivity contribution in [1.82, 2.24) is 20.6 Å². The van der Waals surface area contributed by atoms with Crippen molar-refractivity contribution in [1.29, 1.82) is 0 Å². The zero-order chi connectivity index (χ0) is 12.2. The minimum absolute atomic E-state index is 0.00346. The molecule has 0 fully saturated rings. The van der Waals surface area contributed by atoms with E-state index in [4.69, 9.17) is 0 Å². The number of H-pyrrole nitrogens is 1. The first kappa shape index (κ1) is 12.7. The molecule has 1 rings (SSSR count). The molecule has 0 bridgehead atoms. The summed E-state index contributed by atoms with van der Waals surface area (Å²) in [5.41, 5.74) is 0.810. The molecule has 1 amide bonds. The summed E-state index contributed by atoms with van der Waals surface area (Å²) in [7, 11) is 0. The zero-order valence-electron chi connectivity index (χ0n) is 10.3. The maximum absolute atomic E-state index is 11.5. The van der Waals surface area contributed by atoms with E-state index in [-0.39, 0.29) is 11.4 Å². The van der Waals surface area contributed by atoms with Crippen molar-refractivity contribution >= 4 is 5.91 Å². The Morgan fingerprint density at radius 2 is 2.19 bits per heavy atom. The van der Waals surface area contributed by atoms with Crippen LogP contribution >= 0.6 is 0 Å². The number of nitrogens with one attached hydrogen (secondary N) is 3. The summed E-state index contributed by atoms with van der Waals surface area (Å²) < 4.78 is 0. The van der Waals surface area contributed by atoms with Gasteiger partial charge in [0.05, 0.1) is 6.54 Å². The fourth-order valence-electron chi connectivity index (χ4n) is 1.33. The number of hydrogen-bond donors (Lipinski definition) is 3. The largest absolute Gasteiger partial charge is 0.350 e. The van der Waals surface area contributed by atoms with Gasteiger partial charge in [-0.1, -0.05) is 0 Å². The van der Waals surface area contributed by atoms with Gasteiger partial charge in [0.15, 0.2) is 0 Å². The number of nitrogens with zero attached hydrogens (tertiary/aromatic N) is 1. The van der Waals surface area contributed by atoms with Gasteiger partial charge >= 0.3 is 0 Å². The van der Waals surface area contributed by atoms with Crippen molar-refractivity contribution < 1.29 is 4.79 Å². The first-order valence-electron chi connectivity index (χ1n) is 5.39. The van der Waals surface area contributed by atoms with E-state index in [1.54, 1.807) is 6.20 Å². The molecule has 0 aliphatic carbocycles. The van der Waals surface area contributed by atoms with Crippen molar-refractivity contribution in [2.75, 3.05) is 6.54 Å². The monoisotopic (exact) mass is 224 g/mol. The molecule has 0 saturated heterocycles. The Morgan fingerprint density at radius 3 is 2.69 bits per heavy atom. The van der Waals surface area contributed by atoms with Crippen LogP contribution in [0.1, 0.15) is 32.3 Å². The van der Waals surface area contributed by atoms with Crippen LogP contribution in [0.4, 0.5) is 0 Å². The third-order valence-corrected chi connectivity index (χ3v) is 1.87. The predicted molar refractivity (Wildman–Crippen MR) is 62.9 cm³/mol. The molecule has 0 unspecified atom stereocenters. The molecule has 0 atom stereocenters. The number of hydrogen-bond acceptors (Lipinski definition) is 3. The van der Waals surface area contributed by atoms with Crippen molar-refractivity contribution in [2.24, 2.45) is 0 Å². The molecule has 3 N–H and O–H groups in total. The van der Waals surface area contributed by atoms with Crippen molar-refractivity contribution in [3.05, 3.63) is 17.7 Å². The molecule has 0 aromatic carbocycles. The number of aryl methyl sites for hydroxylation is 1.